The lowest BCUT2D eigenvalue weighted by molar-refractivity contribution is -0.697. The Morgan fingerprint density at radius 2 is 1.33 bits per heavy atom. The van der Waals surface area contributed by atoms with Crippen LogP contribution in [0.3, 0.4) is 0 Å². The van der Waals surface area contributed by atoms with E-state index in [1.165, 1.54) is 68.9 Å². The normalized spacial score (nSPS) is 10.9. The van der Waals surface area contributed by atoms with E-state index in [1.807, 2.05) is 0 Å². The molecule has 1 heterocycles. The molecule has 0 radical (unpaired) electrons. The molecule has 1 heteroatoms. The Morgan fingerprint density at radius 1 is 0.667 bits per heavy atom. The third-order valence-corrected chi connectivity index (χ3v) is 4.71. The van der Waals surface area contributed by atoms with Gasteiger partial charge in [-0.3, -0.25) is 0 Å². The number of benzene rings is 1. The zero-order valence-corrected chi connectivity index (χ0v) is 15.4. The van der Waals surface area contributed by atoms with Crippen molar-refractivity contribution in [1.82, 2.24) is 0 Å². The van der Waals surface area contributed by atoms with Gasteiger partial charge in [-0.25, -0.2) is 4.57 Å². The molecular formula is C23H34N+. The van der Waals surface area contributed by atoms with Crippen LogP contribution in [0.2, 0.25) is 0 Å². The van der Waals surface area contributed by atoms with Gasteiger partial charge in [-0.05, 0) is 30.9 Å². The van der Waals surface area contributed by atoms with Crippen molar-refractivity contribution in [2.75, 3.05) is 0 Å². The molecule has 0 saturated heterocycles. The number of nitrogens with zero attached hydrogens (tertiary/aromatic N) is 1. The highest BCUT2D eigenvalue weighted by Gasteiger charge is 2.03. The van der Waals surface area contributed by atoms with Crippen LogP contribution in [0.5, 0.6) is 0 Å². The Bertz CT molecular complexity index is 547. The van der Waals surface area contributed by atoms with Gasteiger partial charge in [-0.15, -0.1) is 0 Å². The first-order valence-corrected chi connectivity index (χ1v) is 9.90. The fourth-order valence-corrected chi connectivity index (χ4v) is 3.26. The van der Waals surface area contributed by atoms with Crippen LogP contribution < -0.4 is 4.57 Å². The van der Waals surface area contributed by atoms with Gasteiger partial charge < -0.3 is 0 Å². The van der Waals surface area contributed by atoms with Crippen molar-refractivity contribution in [3.63, 3.8) is 0 Å². The van der Waals surface area contributed by atoms with Crippen molar-refractivity contribution in [3.05, 3.63) is 66.0 Å². The average molecular weight is 325 g/mol. The van der Waals surface area contributed by atoms with E-state index in [0.29, 0.717) is 0 Å². The average Bonchev–Trinajstić information content (AvgIpc) is 2.62. The number of pyridine rings is 1. The first-order chi connectivity index (χ1) is 11.9. The minimum absolute atomic E-state index is 1.11. The van der Waals surface area contributed by atoms with Crippen LogP contribution >= 0.6 is 0 Å². The molecule has 1 aromatic carbocycles. The van der Waals surface area contributed by atoms with Crippen molar-refractivity contribution < 1.29 is 4.57 Å². The summed E-state index contributed by atoms with van der Waals surface area (Å²) in [5.41, 5.74) is 2.93. The molecule has 2 rings (SSSR count). The van der Waals surface area contributed by atoms with Crippen LogP contribution in [0.1, 0.15) is 69.4 Å². The number of rotatable bonds is 12. The van der Waals surface area contributed by atoms with Crippen LogP contribution in [0.25, 0.3) is 0 Å². The van der Waals surface area contributed by atoms with E-state index in [-0.39, 0.29) is 0 Å². The molecule has 0 aliphatic carbocycles. The van der Waals surface area contributed by atoms with E-state index >= 15 is 0 Å². The van der Waals surface area contributed by atoms with Crippen LogP contribution in [0.4, 0.5) is 0 Å². The highest BCUT2D eigenvalue weighted by Crippen LogP contribution is 2.10. The minimum Gasteiger partial charge on any atom is -0.205 e. The molecule has 24 heavy (non-hydrogen) atoms. The highest BCUT2D eigenvalue weighted by atomic mass is 14.9. The first-order valence-electron chi connectivity index (χ1n) is 9.90. The summed E-state index contributed by atoms with van der Waals surface area (Å²) in [7, 11) is 0. The smallest absolute Gasteiger partial charge is 0.171 e. The van der Waals surface area contributed by atoms with Gasteiger partial charge in [0.25, 0.3) is 0 Å². The fourth-order valence-electron chi connectivity index (χ4n) is 3.26. The largest absolute Gasteiger partial charge is 0.205 e. The molecule has 1 aromatic heterocycles. The lowest BCUT2D eigenvalue weighted by Crippen LogP contribution is -2.33. The summed E-state index contributed by atoms with van der Waals surface area (Å²) in [4.78, 5) is 0. The maximum absolute atomic E-state index is 2.36. The standard InChI is InChI=1S/C23H34N/c1-2-3-4-5-6-7-9-16-23-18-13-20-24(21-23)19-12-17-22-14-10-8-11-15-22/h8,10-11,13-15,18,20-21H,2-7,9,12,16-17,19H2,1H3/q+1. The van der Waals surface area contributed by atoms with E-state index in [4.69, 9.17) is 0 Å². The van der Waals surface area contributed by atoms with Gasteiger partial charge in [0, 0.05) is 18.1 Å². The monoisotopic (exact) mass is 324 g/mol. The van der Waals surface area contributed by atoms with Crippen LogP contribution in [0.15, 0.2) is 54.9 Å². The topological polar surface area (TPSA) is 3.88 Å². The van der Waals surface area contributed by atoms with Crippen molar-refractivity contribution in [1.29, 1.82) is 0 Å². The summed E-state index contributed by atoms with van der Waals surface area (Å²) in [6, 6.07) is 15.3. The summed E-state index contributed by atoms with van der Waals surface area (Å²) < 4.78 is 2.36. The summed E-state index contributed by atoms with van der Waals surface area (Å²) >= 11 is 0. The van der Waals surface area contributed by atoms with Crippen molar-refractivity contribution >= 4 is 0 Å². The Hall–Kier alpha value is -1.63. The summed E-state index contributed by atoms with van der Waals surface area (Å²) in [5.74, 6) is 0. The number of aromatic nitrogens is 1. The van der Waals surface area contributed by atoms with Crippen molar-refractivity contribution in [3.8, 4) is 0 Å². The molecule has 0 atom stereocenters. The molecule has 0 spiro atoms. The van der Waals surface area contributed by atoms with Gasteiger partial charge in [0.05, 0.1) is 0 Å². The molecule has 0 fully saturated rings. The zero-order valence-electron chi connectivity index (χ0n) is 15.4. The summed E-state index contributed by atoms with van der Waals surface area (Å²) in [6.45, 7) is 3.39. The predicted octanol–water partition coefficient (Wildman–Crippen LogP) is 5.90. The molecule has 0 N–H and O–H groups in total. The second-order valence-electron chi connectivity index (χ2n) is 6.91. The number of aryl methyl sites for hydroxylation is 3. The fraction of sp³-hybridized carbons (Fsp3) is 0.522. The van der Waals surface area contributed by atoms with Gasteiger partial charge in [-0.1, -0.05) is 75.8 Å². The van der Waals surface area contributed by atoms with E-state index in [0.717, 1.165) is 13.0 Å². The number of hydrogen-bond acceptors (Lipinski definition) is 0. The lowest BCUT2D eigenvalue weighted by atomic mass is 10.1. The lowest BCUT2D eigenvalue weighted by Gasteiger charge is -2.03. The maximum Gasteiger partial charge on any atom is 0.171 e. The molecule has 1 nitrogen and oxygen atoms in total. The Kier molecular flexibility index (Phi) is 9.23. The number of hydrogen-bond donors (Lipinski definition) is 0. The Morgan fingerprint density at radius 3 is 2.12 bits per heavy atom. The second-order valence-corrected chi connectivity index (χ2v) is 6.91. The molecule has 0 saturated carbocycles. The maximum atomic E-state index is 2.36. The van der Waals surface area contributed by atoms with E-state index < -0.39 is 0 Å². The van der Waals surface area contributed by atoms with Gasteiger partial charge in [0.1, 0.15) is 6.54 Å². The van der Waals surface area contributed by atoms with Gasteiger partial charge in [0.15, 0.2) is 12.4 Å². The molecule has 2 aromatic rings. The predicted molar refractivity (Wildman–Crippen MR) is 103 cm³/mol. The Balaban J connectivity index is 1.64. The van der Waals surface area contributed by atoms with Crippen LogP contribution in [0, 0.1) is 0 Å². The number of unbranched alkanes of at least 4 members (excludes halogenated alkanes) is 6. The minimum atomic E-state index is 1.11. The van der Waals surface area contributed by atoms with E-state index in [9.17, 15) is 0 Å². The Labute approximate surface area is 148 Å². The van der Waals surface area contributed by atoms with Crippen LogP contribution in [-0.2, 0) is 19.4 Å². The van der Waals surface area contributed by atoms with Gasteiger partial charge >= 0.3 is 0 Å². The third kappa shape index (κ3) is 7.77. The van der Waals surface area contributed by atoms with Crippen molar-refractivity contribution in [2.45, 2.75) is 77.7 Å². The van der Waals surface area contributed by atoms with E-state index in [2.05, 4.69) is 66.3 Å². The molecule has 0 amide bonds. The molecule has 0 unspecified atom stereocenters. The van der Waals surface area contributed by atoms with Gasteiger partial charge in [-0.2, -0.15) is 0 Å². The van der Waals surface area contributed by atoms with Crippen molar-refractivity contribution in [2.24, 2.45) is 0 Å². The molecule has 130 valence electrons. The summed E-state index contributed by atoms with van der Waals surface area (Å²) in [6.07, 6.45) is 17.9. The highest BCUT2D eigenvalue weighted by molar-refractivity contribution is 5.14. The van der Waals surface area contributed by atoms with Gasteiger partial charge in [0.2, 0.25) is 0 Å². The first kappa shape index (κ1) is 18.7. The molecular weight excluding hydrogens is 290 g/mol. The quantitative estimate of drug-likeness (QED) is 0.338. The molecule has 0 bridgehead atoms. The van der Waals surface area contributed by atoms with E-state index in [1.54, 1.807) is 0 Å². The summed E-state index contributed by atoms with van der Waals surface area (Å²) in [5, 5.41) is 0. The third-order valence-electron chi connectivity index (χ3n) is 4.71. The van der Waals surface area contributed by atoms with Crippen LogP contribution in [-0.4, -0.2) is 0 Å². The molecule has 0 aliphatic heterocycles. The second kappa shape index (κ2) is 11.8. The molecule has 0 aliphatic rings. The SMILES string of the molecule is CCCCCCCCCc1ccc[n+](CCCc2ccccc2)c1. The zero-order chi connectivity index (χ0) is 16.9.